The minimum absolute atomic E-state index is 0.0129. The minimum atomic E-state index is -0.202. The van der Waals surface area contributed by atoms with E-state index in [0.29, 0.717) is 28.6 Å². The van der Waals surface area contributed by atoms with Crippen molar-refractivity contribution in [3.8, 4) is 0 Å². The van der Waals surface area contributed by atoms with Crippen LogP contribution in [0.25, 0.3) is 10.2 Å². The summed E-state index contributed by atoms with van der Waals surface area (Å²) in [7, 11) is 0. The molecule has 4 rings (SSSR count). The zero-order chi connectivity index (χ0) is 22.3. The Labute approximate surface area is 199 Å². The molecule has 0 saturated heterocycles. The van der Waals surface area contributed by atoms with Crippen molar-refractivity contribution in [2.45, 2.75) is 10.8 Å². The number of hydrogen-bond acceptors (Lipinski definition) is 5. The molecule has 0 aliphatic carbocycles. The Morgan fingerprint density at radius 2 is 1.78 bits per heavy atom. The molecular formula is C24H20ClN3O2S2. The fourth-order valence-corrected chi connectivity index (χ4v) is 5.08. The summed E-state index contributed by atoms with van der Waals surface area (Å²) in [6.45, 7) is 0.611. The number of nitrogens with zero attached hydrogens (tertiary/aromatic N) is 1. The monoisotopic (exact) mass is 481 g/mol. The lowest BCUT2D eigenvalue weighted by atomic mass is 10.1. The Morgan fingerprint density at radius 3 is 2.56 bits per heavy atom. The van der Waals surface area contributed by atoms with Gasteiger partial charge in [-0.25, -0.2) is 4.98 Å². The van der Waals surface area contributed by atoms with E-state index in [0.717, 1.165) is 21.0 Å². The van der Waals surface area contributed by atoms with Crippen LogP contribution >= 0.6 is 34.7 Å². The number of carbonyl (C=O) groups excluding carboxylic acids is 2. The van der Waals surface area contributed by atoms with Crippen molar-refractivity contribution in [1.82, 2.24) is 10.3 Å². The van der Waals surface area contributed by atoms with Crippen molar-refractivity contribution in [1.29, 1.82) is 0 Å². The maximum atomic E-state index is 12.4. The van der Waals surface area contributed by atoms with Crippen LogP contribution in [0.3, 0.4) is 0 Å². The van der Waals surface area contributed by atoms with Crippen molar-refractivity contribution < 1.29 is 9.59 Å². The molecule has 162 valence electrons. The number of rotatable bonds is 8. The second kappa shape index (κ2) is 10.6. The summed E-state index contributed by atoms with van der Waals surface area (Å²) in [5.41, 5.74) is 3.27. The van der Waals surface area contributed by atoms with Crippen LogP contribution in [-0.2, 0) is 11.2 Å². The topological polar surface area (TPSA) is 71.1 Å². The Balaban J connectivity index is 1.30. The van der Waals surface area contributed by atoms with E-state index in [2.05, 4.69) is 15.6 Å². The number of thioether (sulfide) groups is 1. The summed E-state index contributed by atoms with van der Waals surface area (Å²) in [6.07, 6.45) is 0.808. The summed E-state index contributed by atoms with van der Waals surface area (Å²) >= 11 is 8.79. The summed E-state index contributed by atoms with van der Waals surface area (Å²) in [4.78, 5) is 29.1. The van der Waals surface area contributed by atoms with Gasteiger partial charge in [0.15, 0.2) is 4.34 Å². The Bertz CT molecular complexity index is 1230. The Hall–Kier alpha value is -2.87. The summed E-state index contributed by atoms with van der Waals surface area (Å²) in [5, 5.41) is 6.42. The third-order valence-electron chi connectivity index (χ3n) is 4.64. The normalized spacial score (nSPS) is 10.8. The molecule has 3 aromatic carbocycles. The van der Waals surface area contributed by atoms with Crippen LogP contribution < -0.4 is 10.6 Å². The number of benzene rings is 3. The lowest BCUT2D eigenvalue weighted by Gasteiger charge is -2.05. The molecule has 0 unspecified atom stereocenters. The molecule has 4 aromatic rings. The van der Waals surface area contributed by atoms with Gasteiger partial charge < -0.3 is 10.6 Å². The van der Waals surface area contributed by atoms with E-state index < -0.39 is 0 Å². The van der Waals surface area contributed by atoms with Gasteiger partial charge in [0.2, 0.25) is 5.91 Å². The van der Waals surface area contributed by atoms with Crippen LogP contribution in [0.1, 0.15) is 15.9 Å². The molecule has 5 nitrogen and oxygen atoms in total. The molecule has 8 heteroatoms. The molecule has 0 bridgehead atoms. The van der Waals surface area contributed by atoms with Crippen LogP contribution in [0.4, 0.5) is 5.69 Å². The first kappa shape index (κ1) is 22.3. The van der Waals surface area contributed by atoms with Gasteiger partial charge in [-0.15, -0.1) is 11.3 Å². The number of carbonyl (C=O) groups is 2. The first-order chi connectivity index (χ1) is 15.6. The third-order valence-corrected chi connectivity index (χ3v) is 7.05. The van der Waals surface area contributed by atoms with Crippen LogP contribution in [0, 0.1) is 0 Å². The first-order valence-electron chi connectivity index (χ1n) is 9.98. The summed E-state index contributed by atoms with van der Waals surface area (Å²) in [5.74, 6) is 0.0998. The molecular weight excluding hydrogens is 462 g/mol. The highest BCUT2D eigenvalue weighted by Gasteiger charge is 2.10. The lowest BCUT2D eigenvalue weighted by Crippen LogP contribution is -2.27. The largest absolute Gasteiger partial charge is 0.355 e. The zero-order valence-corrected chi connectivity index (χ0v) is 19.4. The number of halogens is 1. The van der Waals surface area contributed by atoms with E-state index in [1.165, 1.54) is 28.7 Å². The van der Waals surface area contributed by atoms with Gasteiger partial charge in [0.25, 0.3) is 5.91 Å². The number of fused-ring (bicyclic) bond motifs is 1. The summed E-state index contributed by atoms with van der Waals surface area (Å²) in [6, 6.07) is 22.4. The number of nitrogens with one attached hydrogen (secondary N) is 2. The SMILES string of the molecule is O=C(CSc1nc2ccc(NC(=O)c3ccc(Cl)cc3)cc2s1)NCCc1ccccc1. The van der Waals surface area contributed by atoms with E-state index >= 15 is 0 Å². The predicted octanol–water partition coefficient (Wildman–Crippen LogP) is 5.65. The molecule has 0 radical (unpaired) electrons. The third kappa shape index (κ3) is 6.09. The number of aromatic nitrogens is 1. The molecule has 0 spiro atoms. The van der Waals surface area contributed by atoms with Crippen molar-refractivity contribution in [3.05, 3.63) is 88.9 Å². The van der Waals surface area contributed by atoms with Crippen molar-refractivity contribution in [2.24, 2.45) is 0 Å². The van der Waals surface area contributed by atoms with Gasteiger partial charge in [-0.1, -0.05) is 53.7 Å². The number of thiazole rings is 1. The van der Waals surface area contributed by atoms with E-state index in [1.807, 2.05) is 48.5 Å². The van der Waals surface area contributed by atoms with E-state index in [1.54, 1.807) is 24.3 Å². The minimum Gasteiger partial charge on any atom is -0.355 e. The molecule has 32 heavy (non-hydrogen) atoms. The Morgan fingerprint density at radius 1 is 1.00 bits per heavy atom. The van der Waals surface area contributed by atoms with Gasteiger partial charge in [-0.3, -0.25) is 9.59 Å². The van der Waals surface area contributed by atoms with Gasteiger partial charge in [0.05, 0.1) is 16.0 Å². The van der Waals surface area contributed by atoms with Gasteiger partial charge in [-0.05, 0) is 54.4 Å². The molecule has 2 N–H and O–H groups in total. The van der Waals surface area contributed by atoms with E-state index in [9.17, 15) is 9.59 Å². The maximum absolute atomic E-state index is 12.4. The molecule has 1 aromatic heterocycles. The molecule has 0 aliphatic heterocycles. The van der Waals surface area contributed by atoms with Gasteiger partial charge in [0, 0.05) is 22.8 Å². The highest BCUT2D eigenvalue weighted by Crippen LogP contribution is 2.31. The van der Waals surface area contributed by atoms with Gasteiger partial charge in [-0.2, -0.15) is 0 Å². The highest BCUT2D eigenvalue weighted by molar-refractivity contribution is 8.01. The molecule has 0 atom stereocenters. The molecule has 0 fully saturated rings. The standard InChI is InChI=1S/C24H20ClN3O2S2/c25-18-8-6-17(7-9-18)23(30)27-19-10-11-20-21(14-19)32-24(28-20)31-15-22(29)26-13-12-16-4-2-1-3-5-16/h1-11,14H,12-13,15H2,(H,26,29)(H,27,30). The number of hydrogen-bond donors (Lipinski definition) is 2. The summed E-state index contributed by atoms with van der Waals surface area (Å²) < 4.78 is 1.77. The van der Waals surface area contributed by atoms with E-state index in [-0.39, 0.29) is 11.8 Å². The second-order valence-corrected chi connectivity index (χ2v) is 9.69. The van der Waals surface area contributed by atoms with Crippen molar-refractivity contribution >= 4 is 62.4 Å². The second-order valence-electron chi connectivity index (χ2n) is 7.00. The van der Waals surface area contributed by atoms with E-state index in [4.69, 9.17) is 11.6 Å². The Kier molecular flexibility index (Phi) is 7.42. The molecule has 1 heterocycles. The fraction of sp³-hybridized carbons (Fsp3) is 0.125. The van der Waals surface area contributed by atoms with Crippen molar-refractivity contribution in [2.75, 3.05) is 17.6 Å². The smallest absolute Gasteiger partial charge is 0.255 e. The van der Waals surface area contributed by atoms with Gasteiger partial charge in [0.1, 0.15) is 0 Å². The molecule has 2 amide bonds. The van der Waals surface area contributed by atoms with Crippen LogP contribution in [0.15, 0.2) is 77.1 Å². The zero-order valence-electron chi connectivity index (χ0n) is 17.0. The average molecular weight is 482 g/mol. The van der Waals surface area contributed by atoms with Crippen LogP contribution in [-0.4, -0.2) is 29.1 Å². The fourth-order valence-electron chi connectivity index (χ4n) is 3.02. The molecule has 0 aliphatic rings. The van der Waals surface area contributed by atoms with Crippen LogP contribution in [0.5, 0.6) is 0 Å². The first-order valence-corrected chi connectivity index (χ1v) is 12.2. The van der Waals surface area contributed by atoms with Gasteiger partial charge >= 0.3 is 0 Å². The van der Waals surface area contributed by atoms with Crippen LogP contribution in [0.2, 0.25) is 5.02 Å². The van der Waals surface area contributed by atoms with Crippen molar-refractivity contribution in [3.63, 3.8) is 0 Å². The quantitative estimate of drug-likeness (QED) is 0.319. The highest BCUT2D eigenvalue weighted by atomic mass is 35.5. The maximum Gasteiger partial charge on any atom is 0.255 e. The number of amides is 2. The molecule has 0 saturated carbocycles. The predicted molar refractivity (Wildman–Crippen MR) is 133 cm³/mol. The lowest BCUT2D eigenvalue weighted by molar-refractivity contribution is -0.118. The number of anilines is 1. The average Bonchev–Trinajstić information content (AvgIpc) is 3.21.